The van der Waals surface area contributed by atoms with Crippen molar-refractivity contribution in [2.75, 3.05) is 33.7 Å². The predicted octanol–water partition coefficient (Wildman–Crippen LogP) is 2.67. The highest BCUT2D eigenvalue weighted by Gasteiger charge is 2.03. The minimum atomic E-state index is -0.158. The molecule has 0 spiro atoms. The maximum Gasteiger partial charge on any atom is 0.191 e. The van der Waals surface area contributed by atoms with Crippen LogP contribution in [0.2, 0.25) is 0 Å². The zero-order valence-corrected chi connectivity index (χ0v) is 15.0. The second-order valence-corrected chi connectivity index (χ2v) is 5.99. The molecule has 2 aromatic carbocycles. The van der Waals surface area contributed by atoms with E-state index in [-0.39, 0.29) is 5.82 Å². The van der Waals surface area contributed by atoms with Gasteiger partial charge in [0.15, 0.2) is 5.96 Å². The van der Waals surface area contributed by atoms with Crippen molar-refractivity contribution in [2.24, 2.45) is 4.99 Å². The normalized spacial score (nSPS) is 11.6. The van der Waals surface area contributed by atoms with E-state index in [4.69, 9.17) is 0 Å². The molecule has 0 aliphatic carbocycles. The molecule has 0 aromatic heterocycles. The van der Waals surface area contributed by atoms with Crippen LogP contribution in [0, 0.1) is 5.82 Å². The first-order chi connectivity index (χ1) is 12.2. The van der Waals surface area contributed by atoms with Crippen molar-refractivity contribution in [3.63, 3.8) is 0 Å². The van der Waals surface area contributed by atoms with E-state index < -0.39 is 0 Å². The fraction of sp³-hybridized carbons (Fsp3) is 0.350. The number of hydrogen-bond acceptors (Lipinski definition) is 2. The van der Waals surface area contributed by atoms with Gasteiger partial charge in [0.1, 0.15) is 5.82 Å². The maximum atomic E-state index is 13.6. The van der Waals surface area contributed by atoms with Crippen LogP contribution in [-0.2, 0) is 13.0 Å². The van der Waals surface area contributed by atoms with Crippen molar-refractivity contribution in [2.45, 2.75) is 13.0 Å². The van der Waals surface area contributed by atoms with Gasteiger partial charge in [-0.1, -0.05) is 48.5 Å². The van der Waals surface area contributed by atoms with Gasteiger partial charge in [0.2, 0.25) is 0 Å². The van der Waals surface area contributed by atoms with Gasteiger partial charge in [-0.25, -0.2) is 4.39 Å². The number of nitrogens with one attached hydrogen (secondary N) is 2. The summed E-state index contributed by atoms with van der Waals surface area (Å²) >= 11 is 0. The Morgan fingerprint density at radius 1 is 1.00 bits per heavy atom. The SMILES string of the molecule is CN=C(NCCc1ccccc1F)NCCN(C)Cc1ccccc1. The first-order valence-electron chi connectivity index (χ1n) is 8.59. The molecule has 4 nitrogen and oxygen atoms in total. The molecule has 0 fully saturated rings. The molecule has 2 N–H and O–H groups in total. The highest BCUT2D eigenvalue weighted by Crippen LogP contribution is 2.06. The highest BCUT2D eigenvalue weighted by atomic mass is 19.1. The van der Waals surface area contributed by atoms with Crippen molar-refractivity contribution < 1.29 is 4.39 Å². The molecule has 0 aliphatic heterocycles. The molecular formula is C20H27FN4. The summed E-state index contributed by atoms with van der Waals surface area (Å²) in [5, 5.41) is 6.51. The fourth-order valence-corrected chi connectivity index (χ4v) is 2.58. The predicted molar refractivity (Wildman–Crippen MR) is 102 cm³/mol. The number of nitrogens with zero attached hydrogens (tertiary/aromatic N) is 2. The van der Waals surface area contributed by atoms with E-state index in [0.717, 1.165) is 25.6 Å². The molecule has 2 aromatic rings. The summed E-state index contributed by atoms with van der Waals surface area (Å²) in [6.07, 6.45) is 0.626. The zero-order chi connectivity index (χ0) is 17.9. The van der Waals surface area contributed by atoms with E-state index in [1.807, 2.05) is 18.2 Å². The van der Waals surface area contributed by atoms with Crippen molar-refractivity contribution in [3.05, 3.63) is 71.5 Å². The first-order valence-corrected chi connectivity index (χ1v) is 8.59. The third-order valence-electron chi connectivity index (χ3n) is 3.95. The van der Waals surface area contributed by atoms with Crippen molar-refractivity contribution in [1.29, 1.82) is 0 Å². The average molecular weight is 342 g/mol. The highest BCUT2D eigenvalue weighted by molar-refractivity contribution is 5.79. The Hall–Kier alpha value is -2.40. The molecule has 0 heterocycles. The largest absolute Gasteiger partial charge is 0.356 e. The van der Waals surface area contributed by atoms with Crippen molar-refractivity contribution in [1.82, 2.24) is 15.5 Å². The minimum Gasteiger partial charge on any atom is -0.356 e. The second-order valence-electron chi connectivity index (χ2n) is 5.99. The Morgan fingerprint density at radius 2 is 1.68 bits per heavy atom. The fourth-order valence-electron chi connectivity index (χ4n) is 2.58. The molecular weight excluding hydrogens is 315 g/mol. The quantitative estimate of drug-likeness (QED) is 0.572. The van der Waals surface area contributed by atoms with Gasteiger partial charge in [0, 0.05) is 33.2 Å². The van der Waals surface area contributed by atoms with Crippen LogP contribution < -0.4 is 10.6 Å². The van der Waals surface area contributed by atoms with E-state index in [0.29, 0.717) is 18.5 Å². The number of likely N-dealkylation sites (N-methyl/N-ethyl adjacent to an activating group) is 1. The van der Waals surface area contributed by atoms with Gasteiger partial charge < -0.3 is 15.5 Å². The minimum absolute atomic E-state index is 0.158. The van der Waals surface area contributed by atoms with Crippen molar-refractivity contribution in [3.8, 4) is 0 Å². The molecule has 0 bridgehead atoms. The maximum absolute atomic E-state index is 13.6. The van der Waals surface area contributed by atoms with Gasteiger partial charge in [-0.15, -0.1) is 0 Å². The molecule has 5 heteroatoms. The summed E-state index contributed by atoms with van der Waals surface area (Å²) in [4.78, 5) is 6.46. The second kappa shape index (κ2) is 10.5. The van der Waals surface area contributed by atoms with E-state index >= 15 is 0 Å². The first kappa shape index (κ1) is 18.9. The number of hydrogen-bond donors (Lipinski definition) is 2. The number of guanidine groups is 1. The number of rotatable bonds is 8. The van der Waals surface area contributed by atoms with Crippen LogP contribution in [0.1, 0.15) is 11.1 Å². The molecule has 0 saturated carbocycles. The summed E-state index contributed by atoms with van der Waals surface area (Å²) in [6, 6.07) is 17.3. The molecule has 0 saturated heterocycles. The van der Waals surface area contributed by atoms with Crippen molar-refractivity contribution >= 4 is 5.96 Å². The van der Waals surface area contributed by atoms with E-state index in [2.05, 4.69) is 51.8 Å². The Kier molecular flexibility index (Phi) is 7.92. The van der Waals surface area contributed by atoms with E-state index in [1.54, 1.807) is 13.1 Å². The van der Waals surface area contributed by atoms with Gasteiger partial charge in [0.25, 0.3) is 0 Å². The Bertz CT molecular complexity index is 658. The summed E-state index contributed by atoms with van der Waals surface area (Å²) in [6.45, 7) is 3.26. The zero-order valence-electron chi connectivity index (χ0n) is 15.0. The third-order valence-corrected chi connectivity index (χ3v) is 3.95. The molecule has 0 aliphatic rings. The number of aliphatic imine (C=N–C) groups is 1. The standard InChI is InChI=1S/C20H27FN4/c1-22-20(23-13-12-18-10-6-7-11-19(18)21)24-14-15-25(2)16-17-8-4-3-5-9-17/h3-11H,12-16H2,1-2H3,(H2,22,23,24). The van der Waals surface area contributed by atoms with Crippen LogP contribution in [0.15, 0.2) is 59.6 Å². The molecule has 0 radical (unpaired) electrons. The van der Waals surface area contributed by atoms with Crippen LogP contribution >= 0.6 is 0 Å². The van der Waals surface area contributed by atoms with Gasteiger partial charge in [-0.05, 0) is 30.7 Å². The van der Waals surface area contributed by atoms with E-state index in [9.17, 15) is 4.39 Å². The molecule has 0 unspecified atom stereocenters. The lowest BCUT2D eigenvalue weighted by Gasteiger charge is -2.18. The van der Waals surface area contributed by atoms with Crippen LogP contribution in [0.3, 0.4) is 0 Å². The monoisotopic (exact) mass is 342 g/mol. The van der Waals surface area contributed by atoms with E-state index in [1.165, 1.54) is 11.6 Å². The Labute approximate surface area is 149 Å². The Balaban J connectivity index is 1.65. The third kappa shape index (κ3) is 6.93. The lowest BCUT2D eigenvalue weighted by atomic mass is 10.1. The molecule has 0 atom stereocenters. The smallest absolute Gasteiger partial charge is 0.191 e. The topological polar surface area (TPSA) is 39.7 Å². The average Bonchev–Trinajstić information content (AvgIpc) is 2.62. The lowest BCUT2D eigenvalue weighted by Crippen LogP contribution is -2.41. The van der Waals surface area contributed by atoms with Crippen LogP contribution in [0.4, 0.5) is 4.39 Å². The summed E-state index contributed by atoms with van der Waals surface area (Å²) in [5.74, 6) is 0.583. The van der Waals surface area contributed by atoms with Gasteiger partial charge in [-0.2, -0.15) is 0 Å². The number of benzene rings is 2. The summed E-state index contributed by atoms with van der Waals surface area (Å²) in [5.41, 5.74) is 2.02. The van der Waals surface area contributed by atoms with Crippen LogP contribution in [-0.4, -0.2) is 44.6 Å². The molecule has 134 valence electrons. The number of halogens is 1. The molecule has 25 heavy (non-hydrogen) atoms. The van der Waals surface area contributed by atoms with Gasteiger partial charge >= 0.3 is 0 Å². The summed E-state index contributed by atoms with van der Waals surface area (Å²) in [7, 11) is 3.84. The van der Waals surface area contributed by atoms with Crippen LogP contribution in [0.25, 0.3) is 0 Å². The Morgan fingerprint density at radius 3 is 2.40 bits per heavy atom. The van der Waals surface area contributed by atoms with Crippen LogP contribution in [0.5, 0.6) is 0 Å². The molecule has 2 rings (SSSR count). The molecule has 0 amide bonds. The summed E-state index contributed by atoms with van der Waals surface area (Å²) < 4.78 is 13.6. The lowest BCUT2D eigenvalue weighted by molar-refractivity contribution is 0.331. The van der Waals surface area contributed by atoms with Gasteiger partial charge in [0.05, 0.1) is 0 Å². The van der Waals surface area contributed by atoms with Gasteiger partial charge in [-0.3, -0.25) is 4.99 Å².